The lowest BCUT2D eigenvalue weighted by Crippen LogP contribution is -2.40. The summed E-state index contributed by atoms with van der Waals surface area (Å²) in [6.45, 7) is 1.71. The molecule has 5 nitrogen and oxygen atoms in total. The second-order valence-corrected chi connectivity index (χ2v) is 6.05. The topological polar surface area (TPSA) is 45.5 Å². The van der Waals surface area contributed by atoms with Gasteiger partial charge in [-0.2, -0.15) is 5.10 Å². The SMILES string of the molecule is CN=C(NCc1ccc(-n2cccn2)cc1)N1CCc2ccccc21. The number of fused-ring (bicyclic) bond motifs is 1. The van der Waals surface area contributed by atoms with Crippen LogP contribution < -0.4 is 10.2 Å². The van der Waals surface area contributed by atoms with Crippen LogP contribution in [0.2, 0.25) is 0 Å². The highest BCUT2D eigenvalue weighted by molar-refractivity contribution is 5.97. The van der Waals surface area contributed by atoms with E-state index in [9.17, 15) is 0 Å². The number of aromatic nitrogens is 2. The maximum absolute atomic E-state index is 4.46. The van der Waals surface area contributed by atoms with Crippen LogP contribution in [0.1, 0.15) is 11.1 Å². The highest BCUT2D eigenvalue weighted by Crippen LogP contribution is 2.27. The highest BCUT2D eigenvalue weighted by atomic mass is 15.3. The summed E-state index contributed by atoms with van der Waals surface area (Å²) in [6, 6.07) is 18.9. The molecular formula is C20H21N5. The Morgan fingerprint density at radius 3 is 2.72 bits per heavy atom. The van der Waals surface area contributed by atoms with E-state index in [0.29, 0.717) is 0 Å². The zero-order chi connectivity index (χ0) is 17.1. The van der Waals surface area contributed by atoms with E-state index in [1.807, 2.05) is 24.0 Å². The van der Waals surface area contributed by atoms with E-state index >= 15 is 0 Å². The molecule has 0 spiro atoms. The summed E-state index contributed by atoms with van der Waals surface area (Å²) < 4.78 is 1.86. The van der Waals surface area contributed by atoms with Gasteiger partial charge in [0.15, 0.2) is 5.96 Å². The minimum absolute atomic E-state index is 0.741. The van der Waals surface area contributed by atoms with E-state index < -0.39 is 0 Å². The molecule has 2 heterocycles. The molecule has 1 aliphatic heterocycles. The van der Waals surface area contributed by atoms with Crippen molar-refractivity contribution < 1.29 is 0 Å². The number of hydrogen-bond donors (Lipinski definition) is 1. The Balaban J connectivity index is 1.44. The number of nitrogens with one attached hydrogen (secondary N) is 1. The lowest BCUT2D eigenvalue weighted by atomic mass is 10.2. The number of nitrogens with zero attached hydrogens (tertiary/aromatic N) is 4. The molecule has 0 atom stereocenters. The van der Waals surface area contributed by atoms with Crippen LogP contribution in [0.15, 0.2) is 72.0 Å². The highest BCUT2D eigenvalue weighted by Gasteiger charge is 2.22. The fourth-order valence-corrected chi connectivity index (χ4v) is 3.22. The molecule has 4 rings (SSSR count). The van der Waals surface area contributed by atoms with Gasteiger partial charge < -0.3 is 10.2 Å². The van der Waals surface area contributed by atoms with Crippen molar-refractivity contribution in [3.8, 4) is 5.69 Å². The van der Waals surface area contributed by atoms with Gasteiger partial charge in [0.2, 0.25) is 0 Å². The molecule has 3 aromatic rings. The van der Waals surface area contributed by atoms with Crippen molar-refractivity contribution in [2.45, 2.75) is 13.0 Å². The third-order valence-corrected chi connectivity index (χ3v) is 4.51. The van der Waals surface area contributed by atoms with E-state index in [1.54, 1.807) is 6.20 Å². The average molecular weight is 331 g/mol. The molecule has 0 amide bonds. The van der Waals surface area contributed by atoms with Crippen LogP contribution in [0.3, 0.4) is 0 Å². The van der Waals surface area contributed by atoms with Gasteiger partial charge in [-0.15, -0.1) is 0 Å². The summed E-state index contributed by atoms with van der Waals surface area (Å²) in [4.78, 5) is 6.72. The van der Waals surface area contributed by atoms with Gasteiger partial charge in [-0.25, -0.2) is 4.68 Å². The van der Waals surface area contributed by atoms with Crippen LogP contribution in [-0.2, 0) is 13.0 Å². The van der Waals surface area contributed by atoms with Crippen molar-refractivity contribution in [2.24, 2.45) is 4.99 Å². The van der Waals surface area contributed by atoms with Crippen LogP contribution in [-0.4, -0.2) is 29.3 Å². The fraction of sp³-hybridized carbons (Fsp3) is 0.200. The molecule has 0 saturated heterocycles. The molecule has 1 aliphatic rings. The Hall–Kier alpha value is -3.08. The number of para-hydroxylation sites is 1. The predicted molar refractivity (Wildman–Crippen MR) is 101 cm³/mol. The average Bonchev–Trinajstić information content (AvgIpc) is 3.33. The third-order valence-electron chi connectivity index (χ3n) is 4.51. The molecule has 5 heteroatoms. The maximum Gasteiger partial charge on any atom is 0.198 e. The smallest absolute Gasteiger partial charge is 0.198 e. The van der Waals surface area contributed by atoms with Gasteiger partial charge in [-0.05, 0) is 41.8 Å². The molecule has 126 valence electrons. The molecule has 0 saturated carbocycles. The summed E-state index contributed by atoms with van der Waals surface area (Å²) in [5, 5.41) is 7.73. The van der Waals surface area contributed by atoms with E-state index in [4.69, 9.17) is 0 Å². The first kappa shape index (κ1) is 15.4. The van der Waals surface area contributed by atoms with Gasteiger partial charge in [0, 0.05) is 38.2 Å². The van der Waals surface area contributed by atoms with Gasteiger partial charge in [-0.1, -0.05) is 30.3 Å². The lowest BCUT2D eigenvalue weighted by molar-refractivity contribution is 0.858. The molecule has 0 unspecified atom stereocenters. The van der Waals surface area contributed by atoms with Crippen molar-refractivity contribution >= 4 is 11.6 Å². The summed E-state index contributed by atoms with van der Waals surface area (Å²) >= 11 is 0. The minimum Gasteiger partial charge on any atom is -0.352 e. The molecule has 1 aromatic heterocycles. The van der Waals surface area contributed by atoms with E-state index in [2.05, 4.69) is 68.8 Å². The minimum atomic E-state index is 0.741. The van der Waals surface area contributed by atoms with E-state index in [1.165, 1.54) is 16.8 Å². The van der Waals surface area contributed by atoms with Crippen molar-refractivity contribution in [1.82, 2.24) is 15.1 Å². The number of anilines is 1. The number of hydrogen-bond acceptors (Lipinski definition) is 2. The van der Waals surface area contributed by atoms with Crippen molar-refractivity contribution in [1.29, 1.82) is 0 Å². The number of rotatable bonds is 3. The molecule has 0 bridgehead atoms. The number of guanidine groups is 1. The first-order valence-corrected chi connectivity index (χ1v) is 8.50. The fourth-order valence-electron chi connectivity index (χ4n) is 3.22. The van der Waals surface area contributed by atoms with Gasteiger partial charge in [-0.3, -0.25) is 4.99 Å². The molecule has 0 aliphatic carbocycles. The zero-order valence-electron chi connectivity index (χ0n) is 14.3. The molecule has 1 N–H and O–H groups in total. The molecule has 25 heavy (non-hydrogen) atoms. The summed E-state index contributed by atoms with van der Waals surface area (Å²) in [6.07, 6.45) is 4.79. The third kappa shape index (κ3) is 3.13. The van der Waals surface area contributed by atoms with Gasteiger partial charge >= 0.3 is 0 Å². The van der Waals surface area contributed by atoms with E-state index in [-0.39, 0.29) is 0 Å². The largest absolute Gasteiger partial charge is 0.352 e. The van der Waals surface area contributed by atoms with Gasteiger partial charge in [0.1, 0.15) is 0 Å². The van der Waals surface area contributed by atoms with Gasteiger partial charge in [0.05, 0.1) is 5.69 Å². The Labute approximate surface area is 147 Å². The van der Waals surface area contributed by atoms with Gasteiger partial charge in [0.25, 0.3) is 0 Å². The standard InChI is InChI=1S/C20H21N5/c1-21-20(24-14-11-17-5-2-3-6-19(17)24)22-15-16-7-9-18(10-8-16)25-13-4-12-23-25/h2-10,12-13H,11,14-15H2,1H3,(H,21,22). The van der Waals surface area contributed by atoms with Crippen LogP contribution in [0.25, 0.3) is 5.69 Å². The molecule has 0 radical (unpaired) electrons. The monoisotopic (exact) mass is 331 g/mol. The quantitative estimate of drug-likeness (QED) is 0.593. The molecular weight excluding hydrogens is 310 g/mol. The Morgan fingerprint density at radius 1 is 1.12 bits per heavy atom. The number of aliphatic imine (C=N–C) groups is 1. The van der Waals surface area contributed by atoms with Crippen LogP contribution in [0, 0.1) is 0 Å². The van der Waals surface area contributed by atoms with Crippen LogP contribution in [0.5, 0.6) is 0 Å². The van der Waals surface area contributed by atoms with Crippen LogP contribution >= 0.6 is 0 Å². The Bertz CT molecular complexity index is 865. The second kappa shape index (κ2) is 6.81. The first-order chi connectivity index (χ1) is 12.3. The lowest BCUT2D eigenvalue weighted by Gasteiger charge is -2.22. The second-order valence-electron chi connectivity index (χ2n) is 6.05. The normalized spacial score (nSPS) is 13.8. The van der Waals surface area contributed by atoms with Crippen molar-refractivity contribution in [2.75, 3.05) is 18.5 Å². The molecule has 2 aromatic carbocycles. The summed E-state index contributed by atoms with van der Waals surface area (Å²) in [5.74, 6) is 0.918. The zero-order valence-corrected chi connectivity index (χ0v) is 14.3. The van der Waals surface area contributed by atoms with Crippen molar-refractivity contribution in [3.05, 3.63) is 78.1 Å². The van der Waals surface area contributed by atoms with Crippen molar-refractivity contribution in [3.63, 3.8) is 0 Å². The van der Waals surface area contributed by atoms with E-state index in [0.717, 1.165) is 31.2 Å². The van der Waals surface area contributed by atoms with Crippen LogP contribution in [0.4, 0.5) is 5.69 Å². The predicted octanol–water partition coefficient (Wildman–Crippen LogP) is 3.01. The Morgan fingerprint density at radius 2 is 1.96 bits per heavy atom. The summed E-state index contributed by atoms with van der Waals surface area (Å²) in [7, 11) is 1.84. The molecule has 0 fully saturated rings. The Kier molecular flexibility index (Phi) is 4.21. The number of benzene rings is 2. The maximum atomic E-state index is 4.46. The first-order valence-electron chi connectivity index (χ1n) is 8.50. The summed E-state index contributed by atoms with van der Waals surface area (Å²) in [5.41, 5.74) is 4.91.